The summed E-state index contributed by atoms with van der Waals surface area (Å²) in [6, 6.07) is 0. The van der Waals surface area contributed by atoms with E-state index in [4.69, 9.17) is 0 Å². The maximum absolute atomic E-state index is 10.3. The van der Waals surface area contributed by atoms with Crippen molar-refractivity contribution in [1.29, 1.82) is 0 Å². The molecule has 0 aromatic carbocycles. The van der Waals surface area contributed by atoms with Crippen molar-refractivity contribution in [3.8, 4) is 0 Å². The third-order valence-corrected chi connectivity index (χ3v) is 0.565. The second-order valence-electron chi connectivity index (χ2n) is 1.64. The number of ether oxygens (including phenoxy) is 1. The highest BCUT2D eigenvalue weighted by Gasteiger charge is 1.99. The number of hydrogen-bond donors (Lipinski definition) is 0. The smallest absolute Gasteiger partial charge is 0.442 e. The summed E-state index contributed by atoms with van der Waals surface area (Å²) in [5, 5.41) is 1.91. The fraction of sp³-hybridized carbons (Fsp3) is 0.600. The van der Waals surface area contributed by atoms with Gasteiger partial charge < -0.3 is 4.74 Å². The Balaban J connectivity index is 3.64. The Hall–Kier alpha value is -0.730. The molecule has 4 heteroatoms. The molecule has 0 saturated heterocycles. The van der Waals surface area contributed by atoms with Gasteiger partial charge in [0.1, 0.15) is 0 Å². The van der Waals surface area contributed by atoms with Gasteiger partial charge in [0, 0.05) is 0 Å². The highest BCUT2D eigenvalue weighted by molar-refractivity contribution is 7.78. The molecule has 0 fully saturated rings. The van der Waals surface area contributed by atoms with Gasteiger partial charge in [-0.1, -0.05) is 0 Å². The number of isothiocyanates is 1. The second kappa shape index (κ2) is 4.18. The van der Waals surface area contributed by atoms with Crippen molar-refractivity contribution >= 4 is 23.5 Å². The zero-order chi connectivity index (χ0) is 7.28. The van der Waals surface area contributed by atoms with Gasteiger partial charge in [-0.2, -0.15) is 0 Å². The van der Waals surface area contributed by atoms with Crippen LogP contribution in [0.5, 0.6) is 0 Å². The minimum atomic E-state index is -0.681. The summed E-state index contributed by atoms with van der Waals surface area (Å²) < 4.78 is 4.56. The predicted molar refractivity (Wildman–Crippen MR) is 36.6 cm³/mol. The van der Waals surface area contributed by atoms with Crippen molar-refractivity contribution in [1.82, 2.24) is 0 Å². The zero-order valence-electron chi connectivity index (χ0n) is 5.25. The van der Waals surface area contributed by atoms with Crippen LogP contribution in [0.2, 0.25) is 0 Å². The highest BCUT2D eigenvalue weighted by atomic mass is 32.1. The molecule has 0 atom stereocenters. The van der Waals surface area contributed by atoms with Gasteiger partial charge in [-0.05, 0) is 26.1 Å². The molecule has 0 aliphatic heterocycles. The van der Waals surface area contributed by atoms with Crippen molar-refractivity contribution in [3.05, 3.63) is 0 Å². The monoisotopic (exact) mass is 145 g/mol. The first-order valence-electron chi connectivity index (χ1n) is 2.45. The SMILES string of the molecule is CC(C)OC(=O)N=C=S. The first kappa shape index (κ1) is 8.27. The summed E-state index contributed by atoms with van der Waals surface area (Å²) in [6.07, 6.45) is -0.829. The van der Waals surface area contributed by atoms with Crippen molar-refractivity contribution in [3.63, 3.8) is 0 Å². The van der Waals surface area contributed by atoms with Crippen LogP contribution in [0.15, 0.2) is 4.99 Å². The molecule has 0 bridgehead atoms. The van der Waals surface area contributed by atoms with E-state index >= 15 is 0 Å². The summed E-state index contributed by atoms with van der Waals surface area (Å²) in [4.78, 5) is 13.4. The van der Waals surface area contributed by atoms with Crippen molar-refractivity contribution in [2.45, 2.75) is 20.0 Å². The van der Waals surface area contributed by atoms with Crippen LogP contribution < -0.4 is 0 Å². The molecule has 0 aliphatic rings. The normalized spacial score (nSPS) is 8.33. The molecule has 0 aromatic rings. The lowest BCUT2D eigenvalue weighted by atomic mass is 10.5. The van der Waals surface area contributed by atoms with Crippen LogP contribution in [0.25, 0.3) is 0 Å². The lowest BCUT2D eigenvalue weighted by molar-refractivity contribution is 0.126. The second-order valence-corrected chi connectivity index (χ2v) is 1.82. The molecular formula is C5H7NO2S. The molecule has 0 spiro atoms. The van der Waals surface area contributed by atoms with Crippen molar-refractivity contribution in [2.24, 2.45) is 4.99 Å². The third-order valence-electron chi connectivity index (χ3n) is 0.473. The number of nitrogens with zero attached hydrogens (tertiary/aromatic N) is 1. The third kappa shape index (κ3) is 5.14. The van der Waals surface area contributed by atoms with Gasteiger partial charge in [0.15, 0.2) is 0 Å². The Kier molecular flexibility index (Phi) is 3.84. The topological polar surface area (TPSA) is 38.7 Å². The first-order chi connectivity index (χ1) is 4.16. The molecule has 50 valence electrons. The quantitative estimate of drug-likeness (QED) is 0.416. The molecule has 1 amide bonds. The first-order valence-corrected chi connectivity index (χ1v) is 2.86. The van der Waals surface area contributed by atoms with E-state index in [0.29, 0.717) is 0 Å². The average molecular weight is 145 g/mol. The summed E-state index contributed by atoms with van der Waals surface area (Å²) in [5.41, 5.74) is 0. The van der Waals surface area contributed by atoms with Crippen LogP contribution in [0.3, 0.4) is 0 Å². The van der Waals surface area contributed by atoms with E-state index in [-0.39, 0.29) is 6.10 Å². The summed E-state index contributed by atoms with van der Waals surface area (Å²) in [7, 11) is 0. The van der Waals surface area contributed by atoms with E-state index in [1.54, 1.807) is 13.8 Å². The molecule has 0 aliphatic carbocycles. The van der Waals surface area contributed by atoms with Gasteiger partial charge in [0.2, 0.25) is 0 Å². The number of thiocarbonyl (C=S) groups is 1. The minimum Gasteiger partial charge on any atom is -0.445 e. The molecule has 3 nitrogen and oxygen atoms in total. The predicted octanol–water partition coefficient (Wildman–Crippen LogP) is 1.63. The standard InChI is InChI=1S/C5H7NO2S/c1-4(2)8-5(7)6-3-9/h4H,1-2H3. The molecule has 0 N–H and O–H groups in total. The van der Waals surface area contributed by atoms with Crippen LogP contribution in [0.4, 0.5) is 4.79 Å². The van der Waals surface area contributed by atoms with Gasteiger partial charge in [0.25, 0.3) is 0 Å². The van der Waals surface area contributed by atoms with E-state index in [1.165, 1.54) is 0 Å². The van der Waals surface area contributed by atoms with Crippen molar-refractivity contribution in [2.75, 3.05) is 0 Å². The molecule has 0 unspecified atom stereocenters. The van der Waals surface area contributed by atoms with E-state index in [9.17, 15) is 4.79 Å². The Morgan fingerprint density at radius 1 is 1.78 bits per heavy atom. The fourth-order valence-corrected chi connectivity index (χ4v) is 0.340. The molecule has 0 radical (unpaired) electrons. The maximum Gasteiger partial charge on any atom is 0.442 e. The number of carbonyl (C=O) groups excluding carboxylic acids is 1. The van der Waals surface area contributed by atoms with Crippen LogP contribution in [0.1, 0.15) is 13.8 Å². The van der Waals surface area contributed by atoms with Gasteiger partial charge in [-0.3, -0.25) is 0 Å². The number of rotatable bonds is 1. The van der Waals surface area contributed by atoms with E-state index in [1.807, 2.05) is 5.16 Å². The average Bonchev–Trinajstić information content (AvgIpc) is 1.63. The van der Waals surface area contributed by atoms with Gasteiger partial charge in [0.05, 0.1) is 11.3 Å². The van der Waals surface area contributed by atoms with Gasteiger partial charge >= 0.3 is 6.09 Å². The minimum absolute atomic E-state index is 0.149. The lowest BCUT2D eigenvalue weighted by Crippen LogP contribution is -2.06. The van der Waals surface area contributed by atoms with Crippen LogP contribution in [-0.2, 0) is 4.74 Å². The van der Waals surface area contributed by atoms with E-state index in [0.717, 1.165) is 0 Å². The number of carbonyl (C=O) groups is 1. The fourth-order valence-electron chi connectivity index (χ4n) is 0.265. The molecular weight excluding hydrogens is 138 g/mol. The Morgan fingerprint density at radius 3 is 2.67 bits per heavy atom. The molecule has 0 rings (SSSR count). The van der Waals surface area contributed by atoms with Gasteiger partial charge in [-0.25, -0.2) is 4.79 Å². The van der Waals surface area contributed by atoms with Crippen LogP contribution in [0, 0.1) is 0 Å². The number of amides is 1. The van der Waals surface area contributed by atoms with E-state index < -0.39 is 6.09 Å². The number of aliphatic imine (C=N–C) groups is 1. The molecule has 9 heavy (non-hydrogen) atoms. The highest BCUT2D eigenvalue weighted by Crippen LogP contribution is 1.89. The summed E-state index contributed by atoms with van der Waals surface area (Å²) >= 11 is 4.16. The Bertz CT molecular complexity index is 149. The zero-order valence-corrected chi connectivity index (χ0v) is 6.07. The van der Waals surface area contributed by atoms with Gasteiger partial charge in [-0.15, -0.1) is 4.99 Å². The largest absolute Gasteiger partial charge is 0.445 e. The van der Waals surface area contributed by atoms with Crippen LogP contribution >= 0.6 is 12.2 Å². The molecule has 0 heterocycles. The maximum atomic E-state index is 10.3. The molecule has 0 saturated carbocycles. The van der Waals surface area contributed by atoms with Crippen LogP contribution in [-0.4, -0.2) is 17.4 Å². The molecule has 0 aromatic heterocycles. The Morgan fingerprint density at radius 2 is 2.33 bits per heavy atom. The number of hydrogen-bond acceptors (Lipinski definition) is 3. The lowest BCUT2D eigenvalue weighted by Gasteiger charge is -2.00. The van der Waals surface area contributed by atoms with Crippen molar-refractivity contribution < 1.29 is 9.53 Å². The summed E-state index contributed by atoms with van der Waals surface area (Å²) in [6.45, 7) is 3.47. The van der Waals surface area contributed by atoms with E-state index in [2.05, 4.69) is 21.9 Å². The Labute approximate surface area is 58.7 Å². The summed E-state index contributed by atoms with van der Waals surface area (Å²) in [5.74, 6) is 0.